The molecule has 8 heteroatoms. The topological polar surface area (TPSA) is 106 Å². The molecular formula is C19H17N5O3. The number of rotatable bonds is 7. The summed E-state index contributed by atoms with van der Waals surface area (Å²) in [4.78, 5) is 19.8. The average molecular weight is 363 g/mol. The van der Waals surface area contributed by atoms with Crippen LogP contribution in [0.5, 0.6) is 5.75 Å². The first kappa shape index (κ1) is 16.8. The third-order valence-electron chi connectivity index (χ3n) is 3.96. The van der Waals surface area contributed by atoms with E-state index in [9.17, 15) is 4.79 Å². The van der Waals surface area contributed by atoms with Crippen LogP contribution in [0.15, 0.2) is 59.3 Å². The van der Waals surface area contributed by atoms with Gasteiger partial charge in [-0.15, -0.1) is 10.2 Å². The van der Waals surface area contributed by atoms with Crippen molar-refractivity contribution in [3.8, 4) is 17.2 Å². The summed E-state index contributed by atoms with van der Waals surface area (Å²) in [5, 5.41) is 10.4. The standard InChI is InChI=1S/C19H17N5O3/c25-18(20-10-9-17-22-14-6-2-3-7-15(14)23-17)11-26-16-8-4-1-5-13(16)19-24-21-12-27-19/h1-8,12H,9-11H2,(H,20,25)(H,22,23). The molecule has 0 radical (unpaired) electrons. The number of hydrogen-bond acceptors (Lipinski definition) is 6. The van der Waals surface area contributed by atoms with Crippen molar-refractivity contribution in [1.82, 2.24) is 25.5 Å². The second-order valence-electron chi connectivity index (χ2n) is 5.83. The highest BCUT2D eigenvalue weighted by Crippen LogP contribution is 2.27. The molecule has 2 aromatic heterocycles. The van der Waals surface area contributed by atoms with Gasteiger partial charge in [-0.05, 0) is 24.3 Å². The molecule has 0 aliphatic heterocycles. The Balaban J connectivity index is 1.29. The maximum atomic E-state index is 12.1. The van der Waals surface area contributed by atoms with E-state index in [0.29, 0.717) is 30.2 Å². The highest BCUT2D eigenvalue weighted by Gasteiger charge is 2.12. The summed E-state index contributed by atoms with van der Waals surface area (Å²) in [5.74, 6) is 1.47. The first-order valence-corrected chi connectivity index (χ1v) is 8.48. The molecule has 8 nitrogen and oxygen atoms in total. The lowest BCUT2D eigenvalue weighted by Gasteiger charge is -2.09. The van der Waals surface area contributed by atoms with E-state index in [1.165, 1.54) is 6.39 Å². The van der Waals surface area contributed by atoms with E-state index in [2.05, 4.69) is 25.5 Å². The van der Waals surface area contributed by atoms with Crippen LogP contribution in [0.2, 0.25) is 0 Å². The van der Waals surface area contributed by atoms with E-state index in [0.717, 1.165) is 16.9 Å². The summed E-state index contributed by atoms with van der Waals surface area (Å²) in [6, 6.07) is 15.0. The Kier molecular flexibility index (Phi) is 4.78. The first-order valence-electron chi connectivity index (χ1n) is 8.48. The molecular weight excluding hydrogens is 346 g/mol. The predicted octanol–water partition coefficient (Wildman–Crippen LogP) is 2.35. The van der Waals surface area contributed by atoms with E-state index in [1.807, 2.05) is 36.4 Å². The van der Waals surface area contributed by atoms with Crippen LogP contribution in [0, 0.1) is 0 Å². The minimum Gasteiger partial charge on any atom is -0.483 e. The number of aromatic nitrogens is 4. The molecule has 27 heavy (non-hydrogen) atoms. The number of carbonyl (C=O) groups excluding carboxylic acids is 1. The van der Waals surface area contributed by atoms with Gasteiger partial charge in [0, 0.05) is 13.0 Å². The maximum absolute atomic E-state index is 12.1. The minimum absolute atomic E-state index is 0.106. The van der Waals surface area contributed by atoms with Gasteiger partial charge < -0.3 is 19.5 Å². The number of ether oxygens (including phenoxy) is 1. The molecule has 0 saturated heterocycles. The van der Waals surface area contributed by atoms with Crippen molar-refractivity contribution in [1.29, 1.82) is 0 Å². The van der Waals surface area contributed by atoms with E-state index in [4.69, 9.17) is 9.15 Å². The van der Waals surface area contributed by atoms with Crippen LogP contribution in [-0.4, -0.2) is 39.2 Å². The molecule has 2 heterocycles. The van der Waals surface area contributed by atoms with Crippen LogP contribution in [0.25, 0.3) is 22.5 Å². The number of H-pyrrole nitrogens is 1. The van der Waals surface area contributed by atoms with Gasteiger partial charge in [-0.25, -0.2) is 4.98 Å². The third kappa shape index (κ3) is 3.95. The van der Waals surface area contributed by atoms with Crippen LogP contribution in [0.4, 0.5) is 0 Å². The fraction of sp³-hybridized carbons (Fsp3) is 0.158. The number of amides is 1. The zero-order chi connectivity index (χ0) is 18.5. The normalized spacial score (nSPS) is 10.8. The smallest absolute Gasteiger partial charge is 0.257 e. The van der Waals surface area contributed by atoms with Crippen LogP contribution in [-0.2, 0) is 11.2 Å². The number of fused-ring (bicyclic) bond motifs is 1. The van der Waals surface area contributed by atoms with Gasteiger partial charge in [0.25, 0.3) is 11.8 Å². The maximum Gasteiger partial charge on any atom is 0.257 e. The summed E-state index contributed by atoms with van der Waals surface area (Å²) in [6.07, 6.45) is 1.86. The van der Waals surface area contributed by atoms with Crippen LogP contribution in [0.3, 0.4) is 0 Å². The SMILES string of the molecule is O=C(COc1ccccc1-c1nnco1)NCCc1nc2ccccc2[nH]1. The lowest BCUT2D eigenvalue weighted by Crippen LogP contribution is -2.30. The van der Waals surface area contributed by atoms with Gasteiger partial charge in [-0.1, -0.05) is 24.3 Å². The Labute approximate surface area is 154 Å². The Morgan fingerprint density at radius 1 is 1.15 bits per heavy atom. The Morgan fingerprint density at radius 2 is 2.00 bits per heavy atom. The van der Waals surface area contributed by atoms with Gasteiger partial charge in [0.1, 0.15) is 11.6 Å². The van der Waals surface area contributed by atoms with Crippen molar-refractivity contribution in [3.05, 3.63) is 60.7 Å². The Bertz CT molecular complexity index is 1010. The number of para-hydroxylation sites is 3. The van der Waals surface area contributed by atoms with E-state index in [-0.39, 0.29) is 12.5 Å². The molecule has 136 valence electrons. The minimum atomic E-state index is -0.216. The fourth-order valence-electron chi connectivity index (χ4n) is 2.70. The molecule has 0 fully saturated rings. The van der Waals surface area contributed by atoms with Gasteiger partial charge in [-0.2, -0.15) is 0 Å². The number of nitrogens with one attached hydrogen (secondary N) is 2. The first-order chi connectivity index (χ1) is 13.3. The second kappa shape index (κ2) is 7.69. The molecule has 2 N–H and O–H groups in total. The second-order valence-corrected chi connectivity index (χ2v) is 5.83. The third-order valence-corrected chi connectivity index (χ3v) is 3.96. The average Bonchev–Trinajstić information content (AvgIpc) is 3.36. The molecule has 0 aliphatic rings. The molecule has 0 saturated carbocycles. The summed E-state index contributed by atoms with van der Waals surface area (Å²) in [6.45, 7) is 0.360. The van der Waals surface area contributed by atoms with E-state index >= 15 is 0 Å². The van der Waals surface area contributed by atoms with Gasteiger partial charge in [-0.3, -0.25) is 4.79 Å². The fourth-order valence-corrected chi connectivity index (χ4v) is 2.70. The van der Waals surface area contributed by atoms with Crippen LogP contribution < -0.4 is 10.1 Å². The molecule has 2 aromatic carbocycles. The number of carbonyl (C=O) groups is 1. The van der Waals surface area contributed by atoms with Gasteiger partial charge in [0.2, 0.25) is 6.39 Å². The van der Waals surface area contributed by atoms with Gasteiger partial charge in [0.15, 0.2) is 6.61 Å². The number of imidazole rings is 1. The molecule has 4 rings (SSSR count). The summed E-state index contributed by atoms with van der Waals surface area (Å²) < 4.78 is 10.8. The quantitative estimate of drug-likeness (QED) is 0.522. The van der Waals surface area contributed by atoms with Gasteiger partial charge in [0.05, 0.1) is 16.6 Å². The molecule has 0 unspecified atom stereocenters. The summed E-state index contributed by atoms with van der Waals surface area (Å²) >= 11 is 0. The monoisotopic (exact) mass is 363 g/mol. The van der Waals surface area contributed by atoms with Crippen molar-refractivity contribution >= 4 is 16.9 Å². The molecule has 0 spiro atoms. The molecule has 1 amide bonds. The van der Waals surface area contributed by atoms with Crippen molar-refractivity contribution in [3.63, 3.8) is 0 Å². The number of hydrogen-bond donors (Lipinski definition) is 2. The van der Waals surface area contributed by atoms with E-state index < -0.39 is 0 Å². The lowest BCUT2D eigenvalue weighted by atomic mass is 10.2. The molecule has 0 bridgehead atoms. The molecule has 0 aliphatic carbocycles. The number of nitrogens with zero attached hydrogens (tertiary/aromatic N) is 3. The number of aromatic amines is 1. The largest absolute Gasteiger partial charge is 0.483 e. The van der Waals surface area contributed by atoms with Gasteiger partial charge >= 0.3 is 0 Å². The van der Waals surface area contributed by atoms with Crippen LogP contribution >= 0.6 is 0 Å². The zero-order valence-electron chi connectivity index (χ0n) is 14.4. The zero-order valence-corrected chi connectivity index (χ0v) is 14.4. The van der Waals surface area contributed by atoms with E-state index in [1.54, 1.807) is 12.1 Å². The Morgan fingerprint density at radius 3 is 2.85 bits per heavy atom. The molecule has 0 atom stereocenters. The van der Waals surface area contributed by atoms with Crippen molar-refractivity contribution in [2.75, 3.05) is 13.2 Å². The van der Waals surface area contributed by atoms with Crippen molar-refractivity contribution in [2.24, 2.45) is 0 Å². The Hall–Kier alpha value is -3.68. The van der Waals surface area contributed by atoms with Crippen LogP contribution in [0.1, 0.15) is 5.82 Å². The van der Waals surface area contributed by atoms with Crippen molar-refractivity contribution in [2.45, 2.75) is 6.42 Å². The summed E-state index contributed by atoms with van der Waals surface area (Å²) in [7, 11) is 0. The van der Waals surface area contributed by atoms with Crippen molar-refractivity contribution < 1.29 is 13.9 Å². The summed E-state index contributed by atoms with van der Waals surface area (Å²) in [5.41, 5.74) is 2.55. The number of benzene rings is 2. The lowest BCUT2D eigenvalue weighted by molar-refractivity contribution is -0.123. The predicted molar refractivity (Wildman–Crippen MR) is 98.0 cm³/mol. The molecule has 4 aromatic rings. The highest BCUT2D eigenvalue weighted by molar-refractivity contribution is 5.78. The highest BCUT2D eigenvalue weighted by atomic mass is 16.5.